The molecule has 0 unspecified atom stereocenters. The number of hydrogen-bond acceptors (Lipinski definition) is 1. The van der Waals surface area contributed by atoms with Crippen molar-refractivity contribution in [3.63, 3.8) is 0 Å². The Labute approximate surface area is 134 Å². The predicted octanol–water partition coefficient (Wildman–Crippen LogP) is 3.52. The van der Waals surface area contributed by atoms with Crippen molar-refractivity contribution in [1.82, 2.24) is 10.3 Å². The van der Waals surface area contributed by atoms with Crippen molar-refractivity contribution in [3.05, 3.63) is 71.2 Å². The highest BCUT2D eigenvalue weighted by atomic mass is 19.1. The van der Waals surface area contributed by atoms with Gasteiger partial charge in [0.1, 0.15) is 5.82 Å². The molecule has 3 nitrogen and oxygen atoms in total. The molecule has 0 saturated heterocycles. The molecule has 0 aliphatic rings. The van der Waals surface area contributed by atoms with Crippen molar-refractivity contribution in [3.8, 4) is 0 Å². The smallest absolute Gasteiger partial charge is 0.224 e. The molecule has 23 heavy (non-hydrogen) atoms. The Bertz CT molecular complexity index is 838. The zero-order chi connectivity index (χ0) is 16.2. The van der Waals surface area contributed by atoms with E-state index in [-0.39, 0.29) is 11.7 Å². The molecule has 0 atom stereocenters. The Morgan fingerprint density at radius 3 is 2.91 bits per heavy atom. The van der Waals surface area contributed by atoms with Gasteiger partial charge in [-0.15, -0.1) is 0 Å². The first-order chi connectivity index (χ1) is 11.1. The number of carbonyl (C=O) groups is 1. The van der Waals surface area contributed by atoms with Crippen LogP contribution in [0.1, 0.15) is 16.7 Å². The molecule has 0 aliphatic carbocycles. The topological polar surface area (TPSA) is 44.9 Å². The van der Waals surface area contributed by atoms with Crippen molar-refractivity contribution in [1.29, 1.82) is 0 Å². The number of amides is 1. The summed E-state index contributed by atoms with van der Waals surface area (Å²) in [5.74, 6) is -0.237. The van der Waals surface area contributed by atoms with Gasteiger partial charge in [-0.3, -0.25) is 4.79 Å². The fourth-order valence-electron chi connectivity index (χ4n) is 2.77. The van der Waals surface area contributed by atoms with Gasteiger partial charge in [-0.1, -0.05) is 29.8 Å². The minimum Gasteiger partial charge on any atom is -0.361 e. The van der Waals surface area contributed by atoms with E-state index in [0.717, 1.165) is 27.6 Å². The Hall–Kier alpha value is -2.62. The molecule has 1 heterocycles. The van der Waals surface area contributed by atoms with E-state index in [2.05, 4.69) is 10.3 Å². The predicted molar refractivity (Wildman–Crippen MR) is 89.9 cm³/mol. The molecule has 118 valence electrons. The number of aromatic nitrogens is 1. The number of hydrogen-bond donors (Lipinski definition) is 2. The van der Waals surface area contributed by atoms with Crippen LogP contribution < -0.4 is 5.32 Å². The maximum Gasteiger partial charge on any atom is 0.224 e. The van der Waals surface area contributed by atoms with Gasteiger partial charge in [-0.2, -0.15) is 0 Å². The Kier molecular flexibility index (Phi) is 4.42. The van der Waals surface area contributed by atoms with Crippen molar-refractivity contribution in [2.75, 3.05) is 6.54 Å². The van der Waals surface area contributed by atoms with Crippen LogP contribution in [0.5, 0.6) is 0 Å². The second-order valence-corrected chi connectivity index (χ2v) is 5.77. The Balaban J connectivity index is 1.55. The van der Waals surface area contributed by atoms with Crippen LogP contribution in [-0.4, -0.2) is 17.4 Å². The average Bonchev–Trinajstić information content (AvgIpc) is 2.89. The fraction of sp³-hybridized carbons (Fsp3) is 0.211. The molecule has 0 fully saturated rings. The second kappa shape index (κ2) is 6.65. The van der Waals surface area contributed by atoms with Crippen LogP contribution in [0.3, 0.4) is 0 Å². The molecule has 1 amide bonds. The van der Waals surface area contributed by atoms with Crippen LogP contribution in [-0.2, 0) is 17.6 Å². The monoisotopic (exact) mass is 310 g/mol. The maximum absolute atomic E-state index is 13.2. The van der Waals surface area contributed by atoms with E-state index in [4.69, 9.17) is 0 Å². The number of halogens is 1. The van der Waals surface area contributed by atoms with Crippen LogP contribution in [0, 0.1) is 12.7 Å². The maximum atomic E-state index is 13.2. The molecule has 3 rings (SSSR count). The van der Waals surface area contributed by atoms with Crippen LogP contribution in [0.2, 0.25) is 0 Å². The van der Waals surface area contributed by atoms with E-state index in [9.17, 15) is 9.18 Å². The second-order valence-electron chi connectivity index (χ2n) is 5.77. The third-order valence-corrected chi connectivity index (χ3v) is 3.89. The number of aromatic amines is 1. The van der Waals surface area contributed by atoms with Gasteiger partial charge < -0.3 is 10.3 Å². The normalized spacial score (nSPS) is 10.9. The van der Waals surface area contributed by atoms with E-state index >= 15 is 0 Å². The summed E-state index contributed by atoms with van der Waals surface area (Å²) in [6.45, 7) is 2.58. The fourth-order valence-corrected chi connectivity index (χ4v) is 2.77. The van der Waals surface area contributed by atoms with Crippen LogP contribution in [0.25, 0.3) is 10.9 Å². The van der Waals surface area contributed by atoms with Gasteiger partial charge in [-0.25, -0.2) is 4.39 Å². The first kappa shape index (κ1) is 15.3. The van der Waals surface area contributed by atoms with E-state index in [0.29, 0.717) is 19.4 Å². The molecule has 4 heteroatoms. The molecule has 0 saturated carbocycles. The van der Waals surface area contributed by atoms with Gasteiger partial charge in [-0.05, 0) is 42.7 Å². The van der Waals surface area contributed by atoms with E-state index in [1.165, 1.54) is 12.1 Å². The number of H-pyrrole nitrogens is 1. The lowest BCUT2D eigenvalue weighted by molar-refractivity contribution is -0.120. The quantitative estimate of drug-likeness (QED) is 0.744. The van der Waals surface area contributed by atoms with Crippen molar-refractivity contribution in [2.45, 2.75) is 19.8 Å². The lowest BCUT2D eigenvalue weighted by atomic mass is 10.1. The highest BCUT2D eigenvalue weighted by Crippen LogP contribution is 2.19. The first-order valence-corrected chi connectivity index (χ1v) is 7.69. The molecule has 3 aromatic rings. The summed E-state index contributed by atoms with van der Waals surface area (Å²) < 4.78 is 13.2. The van der Waals surface area contributed by atoms with Crippen molar-refractivity contribution in [2.24, 2.45) is 0 Å². The zero-order valence-corrected chi connectivity index (χ0v) is 13.0. The lowest BCUT2D eigenvalue weighted by Gasteiger charge is -2.06. The lowest BCUT2D eigenvalue weighted by Crippen LogP contribution is -2.27. The highest BCUT2D eigenvalue weighted by Gasteiger charge is 2.06. The SMILES string of the molecule is Cc1cccc(CC(=O)NCCc2c[nH]c3cc(F)ccc23)c1. The molecule has 1 aromatic heterocycles. The molecule has 2 N–H and O–H groups in total. The number of aryl methyl sites for hydroxylation is 1. The zero-order valence-electron chi connectivity index (χ0n) is 13.0. The molecule has 0 bridgehead atoms. The Morgan fingerprint density at radius 1 is 1.22 bits per heavy atom. The number of fused-ring (bicyclic) bond motifs is 1. The third-order valence-electron chi connectivity index (χ3n) is 3.89. The van der Waals surface area contributed by atoms with Crippen LogP contribution >= 0.6 is 0 Å². The van der Waals surface area contributed by atoms with Gasteiger partial charge in [0.2, 0.25) is 5.91 Å². The Morgan fingerprint density at radius 2 is 2.09 bits per heavy atom. The summed E-state index contributed by atoms with van der Waals surface area (Å²) in [5, 5.41) is 3.94. The van der Waals surface area contributed by atoms with Gasteiger partial charge >= 0.3 is 0 Å². The van der Waals surface area contributed by atoms with Gasteiger partial charge in [0.25, 0.3) is 0 Å². The van der Waals surface area contributed by atoms with Crippen molar-refractivity contribution < 1.29 is 9.18 Å². The molecule has 0 spiro atoms. The van der Waals surface area contributed by atoms with Gasteiger partial charge in [0, 0.05) is 23.6 Å². The van der Waals surface area contributed by atoms with E-state index in [1.54, 1.807) is 6.07 Å². The molecule has 0 radical (unpaired) electrons. The van der Waals surface area contributed by atoms with Crippen LogP contribution in [0.4, 0.5) is 4.39 Å². The summed E-state index contributed by atoms with van der Waals surface area (Å²) >= 11 is 0. The standard InChI is InChI=1S/C19H19FN2O/c1-13-3-2-4-14(9-13)10-19(23)21-8-7-15-12-22-18-11-16(20)5-6-17(15)18/h2-6,9,11-12,22H,7-8,10H2,1H3,(H,21,23). The molecule has 0 aliphatic heterocycles. The van der Waals surface area contributed by atoms with Crippen LogP contribution in [0.15, 0.2) is 48.7 Å². The number of carbonyl (C=O) groups excluding carboxylic acids is 1. The van der Waals surface area contributed by atoms with E-state index in [1.807, 2.05) is 37.4 Å². The molecular formula is C19H19FN2O. The minimum atomic E-state index is -0.252. The van der Waals surface area contributed by atoms with Gasteiger partial charge in [0.05, 0.1) is 6.42 Å². The average molecular weight is 310 g/mol. The molecule has 2 aromatic carbocycles. The third kappa shape index (κ3) is 3.77. The van der Waals surface area contributed by atoms with E-state index < -0.39 is 0 Å². The summed E-state index contributed by atoms with van der Waals surface area (Å²) in [7, 11) is 0. The first-order valence-electron chi connectivity index (χ1n) is 7.69. The number of nitrogens with one attached hydrogen (secondary N) is 2. The largest absolute Gasteiger partial charge is 0.361 e. The number of rotatable bonds is 5. The summed E-state index contributed by atoms with van der Waals surface area (Å²) in [5.41, 5.74) is 4.04. The van der Waals surface area contributed by atoms with Crippen molar-refractivity contribution >= 4 is 16.8 Å². The van der Waals surface area contributed by atoms with Gasteiger partial charge in [0.15, 0.2) is 0 Å². The highest BCUT2D eigenvalue weighted by molar-refractivity contribution is 5.83. The summed E-state index contributed by atoms with van der Waals surface area (Å²) in [6, 6.07) is 12.7. The number of benzene rings is 2. The summed E-state index contributed by atoms with van der Waals surface area (Å²) in [4.78, 5) is 15.1. The minimum absolute atomic E-state index is 0.0153. The summed E-state index contributed by atoms with van der Waals surface area (Å²) in [6.07, 6.45) is 2.97. The molecular weight excluding hydrogens is 291 g/mol.